The van der Waals surface area contributed by atoms with Crippen LogP contribution in [0.25, 0.3) is 0 Å². The number of nitriles is 1. The van der Waals surface area contributed by atoms with Crippen LogP contribution in [0.15, 0.2) is 41.2 Å². The number of fused-ring (bicyclic) bond motifs is 3. The average molecular weight is 653 g/mol. The molecule has 3 atom stereocenters. The zero-order chi connectivity index (χ0) is 34.5. The minimum absolute atomic E-state index is 0.0840. The average Bonchev–Trinajstić information content (AvgIpc) is 3.59. The van der Waals surface area contributed by atoms with E-state index >= 15 is 0 Å². The number of aromatic amines is 1. The van der Waals surface area contributed by atoms with E-state index in [9.17, 15) is 24.4 Å². The number of carbonyl (C=O) groups excluding carboxylic acids is 3. The first-order valence-electron chi connectivity index (χ1n) is 16.7. The van der Waals surface area contributed by atoms with Crippen LogP contribution in [-0.2, 0) is 23.1 Å². The minimum Gasteiger partial charge on any atom is -0.345 e. The van der Waals surface area contributed by atoms with Crippen molar-refractivity contribution >= 4 is 17.7 Å². The van der Waals surface area contributed by atoms with Crippen molar-refractivity contribution in [3.8, 4) is 6.07 Å². The molecule has 2 heterocycles. The normalized spacial score (nSPS) is 20.3. The number of carbonyl (C=O) groups is 3. The predicted molar refractivity (Wildman–Crippen MR) is 180 cm³/mol. The van der Waals surface area contributed by atoms with Crippen LogP contribution in [0.2, 0.25) is 0 Å². The van der Waals surface area contributed by atoms with Gasteiger partial charge in [0.2, 0.25) is 5.91 Å². The van der Waals surface area contributed by atoms with E-state index in [1.165, 1.54) is 4.68 Å². The molecule has 0 spiro atoms. The molecule has 2 fully saturated rings. The summed E-state index contributed by atoms with van der Waals surface area (Å²) in [5.74, 6) is 0.581. The largest absolute Gasteiger partial charge is 0.345 e. The summed E-state index contributed by atoms with van der Waals surface area (Å²) in [4.78, 5) is 60.7. The molecule has 12 nitrogen and oxygen atoms in total. The number of nitrogens with one attached hydrogen (secondary N) is 2. The van der Waals surface area contributed by atoms with Gasteiger partial charge in [-0.05, 0) is 105 Å². The van der Waals surface area contributed by atoms with Gasteiger partial charge in [-0.25, -0.2) is 9.48 Å². The monoisotopic (exact) mass is 652 g/mol. The Hall–Kier alpha value is -4.76. The van der Waals surface area contributed by atoms with Crippen molar-refractivity contribution in [1.82, 2.24) is 34.8 Å². The molecule has 1 saturated heterocycles. The third-order valence-corrected chi connectivity index (χ3v) is 10.1. The topological polar surface area (TPSA) is 147 Å². The van der Waals surface area contributed by atoms with E-state index in [-0.39, 0.29) is 48.1 Å². The lowest BCUT2D eigenvalue weighted by Gasteiger charge is -2.35. The highest BCUT2D eigenvalue weighted by Crippen LogP contribution is 2.48. The summed E-state index contributed by atoms with van der Waals surface area (Å²) < 4.78 is 1.44. The molecular formula is C36H44N8O4. The molecule has 3 amide bonds. The van der Waals surface area contributed by atoms with Crippen molar-refractivity contribution in [2.45, 2.75) is 69.5 Å². The fraction of sp³-hybridized carbons (Fsp3) is 0.500. The number of benzene rings is 2. The second kappa shape index (κ2) is 12.7. The molecule has 6 rings (SSSR count). The Morgan fingerprint density at radius 1 is 1.00 bits per heavy atom. The van der Waals surface area contributed by atoms with Crippen molar-refractivity contribution in [1.29, 1.82) is 5.26 Å². The molecule has 3 aromatic rings. The van der Waals surface area contributed by atoms with Crippen LogP contribution >= 0.6 is 0 Å². The van der Waals surface area contributed by atoms with Crippen molar-refractivity contribution < 1.29 is 14.4 Å². The van der Waals surface area contributed by atoms with E-state index in [1.54, 1.807) is 42.9 Å². The number of amides is 3. The third-order valence-electron chi connectivity index (χ3n) is 10.1. The van der Waals surface area contributed by atoms with Crippen molar-refractivity contribution in [3.63, 3.8) is 0 Å². The van der Waals surface area contributed by atoms with Crippen LogP contribution < -0.4 is 11.0 Å². The fourth-order valence-corrected chi connectivity index (χ4v) is 7.65. The summed E-state index contributed by atoms with van der Waals surface area (Å²) >= 11 is 0. The van der Waals surface area contributed by atoms with Gasteiger partial charge in [0.15, 0.2) is 0 Å². The van der Waals surface area contributed by atoms with Gasteiger partial charge in [0.1, 0.15) is 11.9 Å². The van der Waals surface area contributed by atoms with E-state index < -0.39 is 5.41 Å². The van der Waals surface area contributed by atoms with Crippen molar-refractivity contribution in [3.05, 3.63) is 86.1 Å². The number of hydrogen-bond donors (Lipinski definition) is 2. The molecule has 2 aliphatic carbocycles. The predicted octanol–water partition coefficient (Wildman–Crippen LogP) is 2.48. The Morgan fingerprint density at radius 3 is 2.08 bits per heavy atom. The highest BCUT2D eigenvalue weighted by molar-refractivity contribution is 5.95. The zero-order valence-corrected chi connectivity index (χ0v) is 28.5. The van der Waals surface area contributed by atoms with Crippen LogP contribution in [0.5, 0.6) is 0 Å². The van der Waals surface area contributed by atoms with Gasteiger partial charge in [0.25, 0.3) is 11.8 Å². The molecule has 2 N–H and O–H groups in total. The van der Waals surface area contributed by atoms with Crippen LogP contribution in [0.3, 0.4) is 0 Å². The van der Waals surface area contributed by atoms with Gasteiger partial charge in [-0.1, -0.05) is 12.1 Å². The smallest absolute Gasteiger partial charge is 0.343 e. The lowest BCUT2D eigenvalue weighted by Crippen LogP contribution is -2.44. The first kappa shape index (κ1) is 33.2. The van der Waals surface area contributed by atoms with Crippen LogP contribution in [0, 0.1) is 17.2 Å². The second-order valence-electron chi connectivity index (χ2n) is 14.0. The Morgan fingerprint density at radius 2 is 1.58 bits per heavy atom. The Balaban J connectivity index is 1.46. The highest BCUT2D eigenvalue weighted by atomic mass is 16.2. The van der Waals surface area contributed by atoms with Gasteiger partial charge < -0.3 is 20.0 Å². The number of aromatic nitrogens is 3. The number of piperidine rings is 1. The standard InChI is InChI=1S/C36H44N8O4/c1-21(2)44-35(48)39-34(40-44)36(13-14-38-20-31(45)43-27(19-37)17-26-18-30(26)43)28-11-9-24(32(46)41(3)4)15-22(28)7-8-23-16-25(10-12-29(23)36)33(47)42(5)6/h9-12,15-16,21,26-27,30,38H,7-8,13-14,17-18,20H2,1-6H3,(H,39,40,48)/t26-,27+,30+/m1/s1. The van der Waals surface area contributed by atoms with Gasteiger partial charge >= 0.3 is 5.69 Å². The third kappa shape index (κ3) is 5.70. The van der Waals surface area contributed by atoms with E-state index in [1.807, 2.05) is 50.2 Å². The highest BCUT2D eigenvalue weighted by Gasteiger charge is 2.54. The van der Waals surface area contributed by atoms with Crippen molar-refractivity contribution in [2.75, 3.05) is 41.3 Å². The van der Waals surface area contributed by atoms with Gasteiger partial charge in [-0.3, -0.25) is 19.4 Å². The van der Waals surface area contributed by atoms with Gasteiger partial charge in [-0.2, -0.15) is 10.4 Å². The van der Waals surface area contributed by atoms with Crippen LogP contribution in [-0.4, -0.2) is 101 Å². The van der Waals surface area contributed by atoms with Gasteiger partial charge in [-0.15, -0.1) is 0 Å². The summed E-state index contributed by atoms with van der Waals surface area (Å²) in [5, 5.41) is 17.9. The summed E-state index contributed by atoms with van der Waals surface area (Å²) in [5.41, 5.74) is 3.51. The van der Waals surface area contributed by atoms with E-state index in [4.69, 9.17) is 5.10 Å². The fourth-order valence-electron chi connectivity index (χ4n) is 7.65. The quantitative estimate of drug-likeness (QED) is 0.338. The zero-order valence-electron chi connectivity index (χ0n) is 28.5. The van der Waals surface area contributed by atoms with E-state index in [0.29, 0.717) is 48.7 Å². The van der Waals surface area contributed by atoms with E-state index in [0.717, 1.165) is 35.1 Å². The molecule has 2 aromatic carbocycles. The first-order valence-corrected chi connectivity index (χ1v) is 16.7. The maximum Gasteiger partial charge on any atom is 0.343 e. The van der Waals surface area contributed by atoms with E-state index in [2.05, 4.69) is 16.4 Å². The molecule has 252 valence electrons. The number of aryl methyl sites for hydroxylation is 2. The van der Waals surface area contributed by atoms with Gasteiger partial charge in [0.05, 0.1) is 24.1 Å². The second-order valence-corrected chi connectivity index (χ2v) is 14.0. The molecule has 12 heteroatoms. The Bertz CT molecular complexity index is 1790. The maximum atomic E-state index is 13.3. The summed E-state index contributed by atoms with van der Waals surface area (Å²) in [7, 11) is 6.88. The molecule has 1 aliphatic heterocycles. The van der Waals surface area contributed by atoms with Gasteiger partial charge in [0, 0.05) is 45.4 Å². The maximum absolute atomic E-state index is 13.3. The summed E-state index contributed by atoms with van der Waals surface area (Å²) in [6, 6.07) is 13.3. The number of H-pyrrole nitrogens is 1. The summed E-state index contributed by atoms with van der Waals surface area (Å²) in [6.45, 7) is 4.27. The first-order chi connectivity index (χ1) is 22.9. The number of rotatable bonds is 9. The molecule has 3 aliphatic rings. The molecule has 0 radical (unpaired) electrons. The van der Waals surface area contributed by atoms with Crippen LogP contribution in [0.1, 0.15) is 87.9 Å². The SMILES string of the molecule is CC(C)n1nc(C2(CCNCC(=O)N3[C@H](C#N)C[C@@H]4C[C@@H]43)c3ccc(C(=O)N(C)C)cc3CCc3cc(C(=O)N(C)C)ccc32)[nH]c1=O. The lowest BCUT2D eigenvalue weighted by molar-refractivity contribution is -0.131. The Kier molecular flexibility index (Phi) is 8.76. The Labute approximate surface area is 280 Å². The van der Waals surface area contributed by atoms with Crippen molar-refractivity contribution in [2.24, 2.45) is 5.92 Å². The number of nitrogens with zero attached hydrogens (tertiary/aromatic N) is 6. The molecule has 0 unspecified atom stereocenters. The minimum atomic E-state index is -0.986. The number of hydrogen-bond acceptors (Lipinski definition) is 7. The summed E-state index contributed by atoms with van der Waals surface area (Å²) in [6.07, 6.45) is 3.33. The molecular weight excluding hydrogens is 608 g/mol. The molecule has 1 aromatic heterocycles. The van der Waals surface area contributed by atoms with Crippen LogP contribution in [0.4, 0.5) is 0 Å². The number of likely N-dealkylation sites (tertiary alicyclic amines) is 1. The molecule has 1 saturated carbocycles. The molecule has 0 bridgehead atoms. The molecule has 48 heavy (non-hydrogen) atoms. The lowest BCUT2D eigenvalue weighted by atomic mass is 9.69.